The fraction of sp³-hybridized carbons (Fsp3) is 0. The number of benzene rings is 11. The van der Waals surface area contributed by atoms with Crippen LogP contribution in [0.3, 0.4) is 0 Å². The van der Waals surface area contributed by atoms with Crippen LogP contribution in [0.1, 0.15) is 0 Å². The zero-order chi connectivity index (χ0) is 42.4. The molecule has 0 bridgehead atoms. The molecule has 0 spiro atoms. The highest BCUT2D eigenvalue weighted by atomic mass is 32.1. The quantitative estimate of drug-likeness (QED) is 0.147. The Kier molecular flexibility index (Phi) is 9.43. The molecule has 1 aromatic heterocycles. The van der Waals surface area contributed by atoms with Gasteiger partial charge < -0.3 is 4.90 Å². The molecule has 12 rings (SSSR count). The fourth-order valence-electron chi connectivity index (χ4n) is 9.46. The van der Waals surface area contributed by atoms with Crippen molar-refractivity contribution >= 4 is 70.1 Å². The van der Waals surface area contributed by atoms with E-state index in [1.54, 1.807) is 0 Å². The van der Waals surface area contributed by atoms with Gasteiger partial charge in [-0.05, 0) is 114 Å². The van der Waals surface area contributed by atoms with E-state index in [4.69, 9.17) is 0 Å². The molecule has 64 heavy (non-hydrogen) atoms. The van der Waals surface area contributed by atoms with Gasteiger partial charge in [0.2, 0.25) is 0 Å². The number of thiophene rings is 1. The van der Waals surface area contributed by atoms with Crippen molar-refractivity contribution in [1.82, 2.24) is 0 Å². The van der Waals surface area contributed by atoms with Gasteiger partial charge in [0.05, 0.1) is 5.69 Å². The lowest BCUT2D eigenvalue weighted by molar-refractivity contribution is 1.28. The first-order valence-electron chi connectivity index (χ1n) is 21.9. The predicted octanol–water partition coefficient (Wildman–Crippen LogP) is 18.2. The highest BCUT2D eigenvalue weighted by Gasteiger charge is 2.20. The summed E-state index contributed by atoms with van der Waals surface area (Å²) in [6.45, 7) is 0. The van der Waals surface area contributed by atoms with Gasteiger partial charge in [-0.3, -0.25) is 0 Å². The summed E-state index contributed by atoms with van der Waals surface area (Å²) in [6.07, 6.45) is 0. The molecule has 0 fully saturated rings. The Hall–Kier alpha value is -8.04. The normalized spacial score (nSPS) is 11.4. The molecule has 0 aliphatic heterocycles. The van der Waals surface area contributed by atoms with Crippen LogP contribution in [0.2, 0.25) is 0 Å². The maximum atomic E-state index is 2.45. The smallest absolute Gasteiger partial charge is 0.0546 e. The van der Waals surface area contributed by atoms with Gasteiger partial charge in [-0.1, -0.05) is 206 Å². The van der Waals surface area contributed by atoms with E-state index < -0.39 is 0 Å². The van der Waals surface area contributed by atoms with E-state index >= 15 is 0 Å². The van der Waals surface area contributed by atoms with Crippen LogP contribution in [0.5, 0.6) is 0 Å². The lowest BCUT2D eigenvalue weighted by atomic mass is 9.95. The third kappa shape index (κ3) is 6.82. The standard InChI is InChI=1S/C62H41NS/c1-2-14-46(15-3-1)56-38-35-50(49-32-29-42-13-4-5-17-48(42)39-49)41-60(56)63(53-20-10-19-51(40-53)57-24-12-25-59-58-22-8-9-26-61(58)64-62(57)59)52-36-33-44(34-37-52)43-27-30-47(31-28-43)55-23-11-18-45-16-6-7-21-54(45)55/h1-41H. The monoisotopic (exact) mass is 831 g/mol. The summed E-state index contributed by atoms with van der Waals surface area (Å²) in [4.78, 5) is 2.45. The zero-order valence-corrected chi connectivity index (χ0v) is 35.8. The first-order chi connectivity index (χ1) is 31.7. The molecule has 0 aliphatic rings. The molecule has 0 aliphatic carbocycles. The van der Waals surface area contributed by atoms with Gasteiger partial charge in [0.1, 0.15) is 0 Å². The van der Waals surface area contributed by atoms with Crippen molar-refractivity contribution in [3.05, 3.63) is 249 Å². The second kappa shape index (κ2) is 16.0. The van der Waals surface area contributed by atoms with Crippen molar-refractivity contribution in [2.75, 3.05) is 4.90 Å². The van der Waals surface area contributed by atoms with Crippen molar-refractivity contribution in [2.45, 2.75) is 0 Å². The predicted molar refractivity (Wildman–Crippen MR) is 276 cm³/mol. The minimum atomic E-state index is 1.08. The molecule has 1 heterocycles. The molecule has 0 radical (unpaired) electrons. The number of hydrogen-bond acceptors (Lipinski definition) is 2. The van der Waals surface area contributed by atoms with Crippen LogP contribution in [-0.4, -0.2) is 0 Å². The van der Waals surface area contributed by atoms with Crippen LogP contribution >= 0.6 is 11.3 Å². The van der Waals surface area contributed by atoms with Crippen molar-refractivity contribution in [1.29, 1.82) is 0 Å². The summed E-state index contributed by atoms with van der Waals surface area (Å²) in [5.41, 5.74) is 15.2. The molecule has 12 aromatic rings. The van der Waals surface area contributed by atoms with E-state index in [-0.39, 0.29) is 0 Å². The van der Waals surface area contributed by atoms with Crippen LogP contribution in [0.25, 0.3) is 97.4 Å². The molecule has 300 valence electrons. The highest BCUT2D eigenvalue weighted by Crippen LogP contribution is 2.46. The Morgan fingerprint density at radius 2 is 0.828 bits per heavy atom. The fourth-order valence-corrected chi connectivity index (χ4v) is 10.7. The Morgan fingerprint density at radius 3 is 1.67 bits per heavy atom. The summed E-state index contributed by atoms with van der Waals surface area (Å²) in [6, 6.07) is 91.0. The van der Waals surface area contributed by atoms with Crippen LogP contribution in [0.4, 0.5) is 17.1 Å². The minimum Gasteiger partial charge on any atom is -0.310 e. The van der Waals surface area contributed by atoms with Crippen molar-refractivity contribution in [2.24, 2.45) is 0 Å². The van der Waals surface area contributed by atoms with Crippen LogP contribution in [0, 0.1) is 0 Å². The summed E-state index contributed by atoms with van der Waals surface area (Å²) in [5, 5.41) is 7.60. The molecule has 0 atom stereocenters. The van der Waals surface area contributed by atoms with E-state index in [1.165, 1.54) is 91.8 Å². The molecule has 2 heteroatoms. The van der Waals surface area contributed by atoms with Gasteiger partial charge in [-0.15, -0.1) is 11.3 Å². The molecule has 0 amide bonds. The number of fused-ring (bicyclic) bond motifs is 5. The summed E-state index contributed by atoms with van der Waals surface area (Å²) < 4.78 is 2.62. The molecule has 1 nitrogen and oxygen atoms in total. The van der Waals surface area contributed by atoms with Crippen molar-refractivity contribution in [3.8, 4) is 55.6 Å². The van der Waals surface area contributed by atoms with Gasteiger partial charge in [0.15, 0.2) is 0 Å². The SMILES string of the molecule is c1ccc(-c2ccc(-c3ccc4ccccc4c3)cc2N(c2ccc(-c3ccc(-c4cccc5ccccc45)cc3)cc2)c2cccc(-c3cccc4c3sc3ccccc34)c2)cc1. The average molecular weight is 832 g/mol. The van der Waals surface area contributed by atoms with Crippen molar-refractivity contribution < 1.29 is 0 Å². The lowest BCUT2D eigenvalue weighted by Gasteiger charge is -2.29. The third-order valence-electron chi connectivity index (χ3n) is 12.7. The first-order valence-corrected chi connectivity index (χ1v) is 22.7. The van der Waals surface area contributed by atoms with E-state index in [1.807, 2.05) is 11.3 Å². The molecule has 0 N–H and O–H groups in total. The molecule has 11 aromatic carbocycles. The van der Waals surface area contributed by atoms with E-state index in [2.05, 4.69) is 254 Å². The zero-order valence-electron chi connectivity index (χ0n) is 35.0. The van der Waals surface area contributed by atoms with Gasteiger partial charge in [-0.25, -0.2) is 0 Å². The van der Waals surface area contributed by atoms with Crippen LogP contribution in [-0.2, 0) is 0 Å². The Labute approximate surface area is 377 Å². The summed E-state index contributed by atoms with van der Waals surface area (Å²) in [5.74, 6) is 0. The average Bonchev–Trinajstić information content (AvgIpc) is 3.76. The third-order valence-corrected chi connectivity index (χ3v) is 13.9. The maximum absolute atomic E-state index is 2.45. The lowest BCUT2D eigenvalue weighted by Crippen LogP contribution is -2.11. The van der Waals surface area contributed by atoms with Crippen LogP contribution in [0.15, 0.2) is 249 Å². The number of anilines is 3. The molecular weight excluding hydrogens is 791 g/mol. The number of hydrogen-bond donors (Lipinski definition) is 0. The Morgan fingerprint density at radius 1 is 0.266 bits per heavy atom. The summed E-state index contributed by atoms with van der Waals surface area (Å²) in [7, 11) is 0. The first kappa shape index (κ1) is 37.7. The largest absolute Gasteiger partial charge is 0.310 e. The van der Waals surface area contributed by atoms with Gasteiger partial charge in [0.25, 0.3) is 0 Å². The molecular formula is C62H41NS. The van der Waals surface area contributed by atoms with Gasteiger partial charge in [0, 0.05) is 37.1 Å². The second-order valence-corrected chi connectivity index (χ2v) is 17.5. The topological polar surface area (TPSA) is 3.24 Å². The van der Waals surface area contributed by atoms with Gasteiger partial charge in [-0.2, -0.15) is 0 Å². The molecule has 0 saturated heterocycles. The molecule has 0 unspecified atom stereocenters. The second-order valence-electron chi connectivity index (χ2n) is 16.5. The van der Waals surface area contributed by atoms with Gasteiger partial charge >= 0.3 is 0 Å². The highest BCUT2D eigenvalue weighted by molar-refractivity contribution is 7.26. The van der Waals surface area contributed by atoms with Crippen molar-refractivity contribution in [3.63, 3.8) is 0 Å². The molecule has 0 saturated carbocycles. The number of rotatable bonds is 8. The summed E-state index contributed by atoms with van der Waals surface area (Å²) >= 11 is 1.88. The van der Waals surface area contributed by atoms with E-state index in [0.717, 1.165) is 22.6 Å². The number of nitrogens with zero attached hydrogens (tertiary/aromatic N) is 1. The van der Waals surface area contributed by atoms with E-state index in [9.17, 15) is 0 Å². The maximum Gasteiger partial charge on any atom is 0.0546 e. The minimum absolute atomic E-state index is 1.08. The Bertz CT molecular complexity index is 3650. The van der Waals surface area contributed by atoms with Crippen LogP contribution < -0.4 is 4.90 Å². The Balaban J connectivity index is 1.01. The van der Waals surface area contributed by atoms with E-state index in [0.29, 0.717) is 0 Å².